The van der Waals surface area contributed by atoms with Gasteiger partial charge in [-0.2, -0.15) is 0 Å². The molecule has 4 N–H and O–H groups in total. The van der Waals surface area contributed by atoms with Gasteiger partial charge in [0.1, 0.15) is 0 Å². The Kier molecular flexibility index (Phi) is 6.67. The molecule has 0 radical (unpaired) electrons. The summed E-state index contributed by atoms with van der Waals surface area (Å²) in [5.41, 5.74) is 11.1. The van der Waals surface area contributed by atoms with Crippen molar-refractivity contribution in [1.29, 1.82) is 0 Å². The van der Waals surface area contributed by atoms with Gasteiger partial charge < -0.3 is 11.5 Å². The number of nitrogens with two attached hydrogens (primary N) is 2. The number of hydrogen-bond acceptors (Lipinski definition) is 1. The molecule has 0 aromatic heterocycles. The maximum absolute atomic E-state index is 5.33. The SMILES string of the molecule is CC(C)(C)C1CCC(CN=C(N)N)CC1.I. The van der Waals surface area contributed by atoms with Crippen LogP contribution in [0.4, 0.5) is 0 Å². The molecule has 0 amide bonds. The van der Waals surface area contributed by atoms with Crippen LogP contribution in [0.25, 0.3) is 0 Å². The average molecular weight is 339 g/mol. The van der Waals surface area contributed by atoms with Crippen LogP contribution in [0.2, 0.25) is 0 Å². The van der Waals surface area contributed by atoms with Gasteiger partial charge in [0, 0.05) is 6.54 Å². The second kappa shape index (κ2) is 6.67. The van der Waals surface area contributed by atoms with Gasteiger partial charge in [0.2, 0.25) is 0 Å². The molecule has 0 bridgehead atoms. The van der Waals surface area contributed by atoms with Gasteiger partial charge in [-0.15, -0.1) is 24.0 Å². The van der Waals surface area contributed by atoms with E-state index in [2.05, 4.69) is 25.8 Å². The van der Waals surface area contributed by atoms with Gasteiger partial charge in [-0.25, -0.2) is 0 Å². The maximum atomic E-state index is 5.33. The van der Waals surface area contributed by atoms with E-state index in [0.717, 1.165) is 12.5 Å². The standard InChI is InChI=1S/C12H25N3.HI/c1-12(2,3)10-6-4-9(5-7-10)8-15-11(13)14;/h9-10H,4-8H2,1-3H3,(H4,13,14,15);1H. The third-order valence-electron chi connectivity index (χ3n) is 3.60. The van der Waals surface area contributed by atoms with E-state index in [4.69, 9.17) is 11.5 Å². The predicted octanol–water partition coefficient (Wildman–Crippen LogP) is 2.73. The smallest absolute Gasteiger partial charge is 0.185 e. The molecular formula is C12H26IN3. The van der Waals surface area contributed by atoms with Crippen molar-refractivity contribution >= 4 is 29.9 Å². The van der Waals surface area contributed by atoms with Gasteiger partial charge in [0.15, 0.2) is 5.96 Å². The summed E-state index contributed by atoms with van der Waals surface area (Å²) in [6.07, 6.45) is 5.21. The van der Waals surface area contributed by atoms with Crippen LogP contribution in [0, 0.1) is 17.3 Å². The number of nitrogens with zero attached hydrogens (tertiary/aromatic N) is 1. The summed E-state index contributed by atoms with van der Waals surface area (Å²) in [4.78, 5) is 4.11. The lowest BCUT2D eigenvalue weighted by Crippen LogP contribution is -2.28. The fourth-order valence-electron chi connectivity index (χ4n) is 2.45. The molecule has 3 nitrogen and oxygen atoms in total. The molecule has 1 fully saturated rings. The zero-order valence-electron chi connectivity index (χ0n) is 10.7. The van der Waals surface area contributed by atoms with Crippen molar-refractivity contribution in [3.63, 3.8) is 0 Å². The van der Waals surface area contributed by atoms with Gasteiger partial charge in [0.05, 0.1) is 0 Å². The molecule has 1 rings (SSSR count). The first-order valence-corrected chi connectivity index (χ1v) is 5.95. The lowest BCUT2D eigenvalue weighted by Gasteiger charge is -2.36. The highest BCUT2D eigenvalue weighted by Crippen LogP contribution is 2.39. The molecule has 16 heavy (non-hydrogen) atoms. The molecule has 0 unspecified atom stereocenters. The van der Waals surface area contributed by atoms with Crippen LogP contribution in [0.15, 0.2) is 4.99 Å². The lowest BCUT2D eigenvalue weighted by atomic mass is 9.70. The Morgan fingerprint density at radius 2 is 1.62 bits per heavy atom. The van der Waals surface area contributed by atoms with Gasteiger partial charge in [0.25, 0.3) is 0 Å². The normalized spacial score (nSPS) is 25.7. The third kappa shape index (κ3) is 5.37. The minimum atomic E-state index is 0. The van der Waals surface area contributed by atoms with Gasteiger partial charge in [-0.3, -0.25) is 4.99 Å². The van der Waals surface area contributed by atoms with E-state index < -0.39 is 0 Å². The topological polar surface area (TPSA) is 64.4 Å². The summed E-state index contributed by atoms with van der Waals surface area (Å²) in [7, 11) is 0. The molecule has 96 valence electrons. The molecule has 0 aromatic carbocycles. The maximum Gasteiger partial charge on any atom is 0.185 e. The third-order valence-corrected chi connectivity index (χ3v) is 3.60. The van der Waals surface area contributed by atoms with Crippen LogP contribution in [0.5, 0.6) is 0 Å². The zero-order chi connectivity index (χ0) is 11.5. The van der Waals surface area contributed by atoms with E-state index in [1.54, 1.807) is 0 Å². The van der Waals surface area contributed by atoms with Crippen molar-refractivity contribution in [3.05, 3.63) is 0 Å². The average Bonchev–Trinajstić information content (AvgIpc) is 2.14. The molecule has 1 aliphatic rings. The molecular weight excluding hydrogens is 313 g/mol. The molecule has 0 saturated heterocycles. The monoisotopic (exact) mass is 339 g/mol. The molecule has 1 saturated carbocycles. The highest BCUT2D eigenvalue weighted by Gasteiger charge is 2.29. The van der Waals surface area contributed by atoms with E-state index in [0.29, 0.717) is 11.3 Å². The molecule has 0 aliphatic heterocycles. The van der Waals surface area contributed by atoms with Crippen molar-refractivity contribution in [2.75, 3.05) is 6.54 Å². The summed E-state index contributed by atoms with van der Waals surface area (Å²) in [5, 5.41) is 0. The van der Waals surface area contributed by atoms with E-state index in [9.17, 15) is 0 Å². The Morgan fingerprint density at radius 3 is 2.00 bits per heavy atom. The van der Waals surface area contributed by atoms with E-state index >= 15 is 0 Å². The lowest BCUT2D eigenvalue weighted by molar-refractivity contribution is 0.152. The summed E-state index contributed by atoms with van der Waals surface area (Å²) < 4.78 is 0. The number of hydrogen-bond donors (Lipinski definition) is 2. The van der Waals surface area contributed by atoms with E-state index in [1.807, 2.05) is 0 Å². The Balaban J connectivity index is 0.00000225. The summed E-state index contributed by atoms with van der Waals surface area (Å²) in [5.74, 6) is 1.80. The van der Waals surface area contributed by atoms with Crippen molar-refractivity contribution in [2.24, 2.45) is 33.7 Å². The first-order valence-electron chi connectivity index (χ1n) is 5.95. The highest BCUT2D eigenvalue weighted by molar-refractivity contribution is 14.0. The first kappa shape index (κ1) is 16.0. The van der Waals surface area contributed by atoms with Crippen LogP contribution in [-0.2, 0) is 0 Å². The Labute approximate surface area is 116 Å². The minimum absolute atomic E-state index is 0. The Morgan fingerprint density at radius 1 is 1.12 bits per heavy atom. The fourth-order valence-corrected chi connectivity index (χ4v) is 2.45. The second-order valence-corrected chi connectivity index (χ2v) is 5.85. The predicted molar refractivity (Wildman–Crippen MR) is 81.0 cm³/mol. The quantitative estimate of drug-likeness (QED) is 0.462. The van der Waals surface area contributed by atoms with E-state index in [-0.39, 0.29) is 29.9 Å². The van der Waals surface area contributed by atoms with Crippen LogP contribution in [0.1, 0.15) is 46.5 Å². The minimum Gasteiger partial charge on any atom is -0.370 e. The highest BCUT2D eigenvalue weighted by atomic mass is 127. The Bertz CT molecular complexity index is 221. The summed E-state index contributed by atoms with van der Waals surface area (Å²) >= 11 is 0. The van der Waals surface area contributed by atoms with Crippen molar-refractivity contribution in [2.45, 2.75) is 46.5 Å². The van der Waals surface area contributed by atoms with Crippen LogP contribution < -0.4 is 11.5 Å². The molecule has 4 heteroatoms. The molecule has 1 aliphatic carbocycles. The number of guanidine groups is 1. The largest absolute Gasteiger partial charge is 0.370 e. The zero-order valence-corrected chi connectivity index (χ0v) is 13.0. The van der Waals surface area contributed by atoms with Crippen LogP contribution >= 0.6 is 24.0 Å². The van der Waals surface area contributed by atoms with Crippen LogP contribution in [-0.4, -0.2) is 12.5 Å². The molecule has 0 spiro atoms. The molecule has 0 aromatic rings. The molecule has 0 atom stereocenters. The Hall–Kier alpha value is 0. The number of halogens is 1. The van der Waals surface area contributed by atoms with Crippen molar-refractivity contribution < 1.29 is 0 Å². The summed E-state index contributed by atoms with van der Waals surface area (Å²) in [6, 6.07) is 0. The van der Waals surface area contributed by atoms with Gasteiger partial charge in [-0.05, 0) is 42.9 Å². The van der Waals surface area contributed by atoms with Gasteiger partial charge >= 0.3 is 0 Å². The van der Waals surface area contributed by atoms with E-state index in [1.165, 1.54) is 25.7 Å². The number of rotatable bonds is 2. The first-order chi connectivity index (χ1) is 6.89. The fraction of sp³-hybridized carbons (Fsp3) is 0.917. The molecule has 0 heterocycles. The van der Waals surface area contributed by atoms with Gasteiger partial charge in [-0.1, -0.05) is 20.8 Å². The summed E-state index contributed by atoms with van der Waals surface area (Å²) in [6.45, 7) is 7.84. The second-order valence-electron chi connectivity index (χ2n) is 5.85. The van der Waals surface area contributed by atoms with Crippen molar-refractivity contribution in [3.8, 4) is 0 Å². The van der Waals surface area contributed by atoms with Crippen molar-refractivity contribution in [1.82, 2.24) is 0 Å². The van der Waals surface area contributed by atoms with Crippen LogP contribution in [0.3, 0.4) is 0 Å². The number of aliphatic imine (C=N–C) groups is 1.